The number of nitrogens with zero attached hydrogens (tertiary/aromatic N) is 2. The highest BCUT2D eigenvalue weighted by atomic mass is 35.5. The summed E-state index contributed by atoms with van der Waals surface area (Å²) in [7, 11) is 0. The van der Waals surface area contributed by atoms with Crippen LogP contribution >= 0.6 is 24.2 Å². The second kappa shape index (κ2) is 8.21. The summed E-state index contributed by atoms with van der Waals surface area (Å²) in [5, 5.41) is 13.8. The summed E-state index contributed by atoms with van der Waals surface area (Å²) in [5.41, 5.74) is 0.0661. The van der Waals surface area contributed by atoms with Gasteiger partial charge >= 0.3 is 0 Å². The molecule has 1 amide bonds. The highest BCUT2D eigenvalue weighted by Gasteiger charge is 2.22. The lowest BCUT2D eigenvalue weighted by Crippen LogP contribution is -2.52. The van der Waals surface area contributed by atoms with E-state index in [4.69, 9.17) is 0 Å². The van der Waals surface area contributed by atoms with Crippen molar-refractivity contribution in [2.24, 2.45) is 0 Å². The van der Waals surface area contributed by atoms with Gasteiger partial charge in [0.25, 0.3) is 5.69 Å². The Morgan fingerprint density at radius 1 is 1.48 bits per heavy atom. The molecule has 6 nitrogen and oxygen atoms in total. The first-order valence-electron chi connectivity index (χ1n) is 6.45. The standard InChI is InChI=1S/C13H17N3O3S.ClH/c1-10-8-14-6-7-15(10)13(17)9-20-12-4-2-11(3-5-12)16(18)19;/h2-5,10,14H,6-9H2,1H3;1H/t10-;/m1./s1. The molecular formula is C13H18ClN3O3S. The number of thioether (sulfide) groups is 1. The zero-order valence-corrected chi connectivity index (χ0v) is 13.3. The Morgan fingerprint density at radius 2 is 2.14 bits per heavy atom. The number of benzene rings is 1. The molecule has 1 N–H and O–H groups in total. The number of rotatable bonds is 4. The van der Waals surface area contributed by atoms with Gasteiger partial charge in [-0.3, -0.25) is 14.9 Å². The number of nitro groups is 1. The molecular weight excluding hydrogens is 314 g/mol. The second-order valence-corrected chi connectivity index (χ2v) is 5.73. The van der Waals surface area contributed by atoms with E-state index in [1.165, 1.54) is 23.9 Å². The Labute approximate surface area is 133 Å². The first kappa shape index (κ1) is 17.7. The summed E-state index contributed by atoms with van der Waals surface area (Å²) in [6.45, 7) is 4.42. The van der Waals surface area contributed by atoms with E-state index in [0.29, 0.717) is 5.75 Å². The molecule has 0 bridgehead atoms. The average Bonchev–Trinajstić information content (AvgIpc) is 2.45. The number of carbonyl (C=O) groups excluding carboxylic acids is 1. The smallest absolute Gasteiger partial charge is 0.269 e. The third kappa shape index (κ3) is 4.87. The maximum Gasteiger partial charge on any atom is 0.269 e. The van der Waals surface area contributed by atoms with Gasteiger partial charge in [-0.25, -0.2) is 0 Å². The molecule has 0 aliphatic carbocycles. The number of nitro benzene ring substituents is 1. The SMILES string of the molecule is C[C@@H]1CNCCN1C(=O)CSc1ccc([N+](=O)[O-])cc1.Cl. The van der Waals surface area contributed by atoms with Crippen LogP contribution in [0.4, 0.5) is 5.69 Å². The van der Waals surface area contributed by atoms with Gasteiger partial charge in [-0.1, -0.05) is 0 Å². The van der Waals surface area contributed by atoms with Crippen molar-refractivity contribution >= 4 is 35.8 Å². The molecule has 0 unspecified atom stereocenters. The number of hydrogen-bond donors (Lipinski definition) is 1. The molecule has 0 aromatic heterocycles. The Hall–Kier alpha value is -1.31. The lowest BCUT2D eigenvalue weighted by atomic mass is 10.2. The maximum atomic E-state index is 12.1. The lowest BCUT2D eigenvalue weighted by molar-refractivity contribution is -0.384. The van der Waals surface area contributed by atoms with E-state index >= 15 is 0 Å². The van der Waals surface area contributed by atoms with Crippen LogP contribution in [0.25, 0.3) is 0 Å². The Bertz CT molecular complexity index is 498. The average molecular weight is 332 g/mol. The minimum atomic E-state index is -0.429. The zero-order chi connectivity index (χ0) is 14.5. The van der Waals surface area contributed by atoms with Crippen LogP contribution in [0.3, 0.4) is 0 Å². The largest absolute Gasteiger partial charge is 0.337 e. The fourth-order valence-electron chi connectivity index (χ4n) is 2.10. The Balaban J connectivity index is 0.00000220. The lowest BCUT2D eigenvalue weighted by Gasteiger charge is -2.33. The van der Waals surface area contributed by atoms with Gasteiger partial charge in [0.1, 0.15) is 0 Å². The van der Waals surface area contributed by atoms with Gasteiger partial charge < -0.3 is 10.2 Å². The van der Waals surface area contributed by atoms with Crippen molar-refractivity contribution < 1.29 is 9.72 Å². The fraction of sp³-hybridized carbons (Fsp3) is 0.462. The van der Waals surface area contributed by atoms with Gasteiger partial charge in [-0.2, -0.15) is 0 Å². The first-order valence-corrected chi connectivity index (χ1v) is 7.44. The molecule has 0 radical (unpaired) electrons. The first-order chi connectivity index (χ1) is 9.58. The summed E-state index contributed by atoms with van der Waals surface area (Å²) in [4.78, 5) is 25.0. The summed E-state index contributed by atoms with van der Waals surface area (Å²) >= 11 is 1.41. The molecule has 21 heavy (non-hydrogen) atoms. The van der Waals surface area contributed by atoms with Gasteiger partial charge in [-0.05, 0) is 19.1 Å². The monoisotopic (exact) mass is 331 g/mol. The fourth-order valence-corrected chi connectivity index (χ4v) is 2.89. The normalized spacial score (nSPS) is 18.0. The van der Waals surface area contributed by atoms with Crippen molar-refractivity contribution in [1.82, 2.24) is 10.2 Å². The van der Waals surface area contributed by atoms with Crippen LogP contribution in [0.15, 0.2) is 29.2 Å². The van der Waals surface area contributed by atoms with Crippen LogP contribution in [0, 0.1) is 10.1 Å². The van der Waals surface area contributed by atoms with Crippen LogP contribution in [0.1, 0.15) is 6.92 Å². The Kier molecular flexibility index (Phi) is 6.94. The van der Waals surface area contributed by atoms with E-state index < -0.39 is 4.92 Å². The number of halogens is 1. The van der Waals surface area contributed by atoms with Crippen LogP contribution < -0.4 is 5.32 Å². The molecule has 2 rings (SSSR count). The van der Waals surface area contributed by atoms with Crippen LogP contribution in [-0.4, -0.2) is 47.2 Å². The molecule has 0 spiro atoms. The van der Waals surface area contributed by atoms with Gasteiger partial charge in [0.15, 0.2) is 0 Å². The predicted octanol–water partition coefficient (Wildman–Crippen LogP) is 1.93. The van der Waals surface area contributed by atoms with Gasteiger partial charge in [0, 0.05) is 42.7 Å². The third-order valence-corrected chi connectivity index (χ3v) is 4.23. The van der Waals surface area contributed by atoms with Crippen molar-refractivity contribution in [2.75, 3.05) is 25.4 Å². The molecule has 1 aromatic carbocycles. The van der Waals surface area contributed by atoms with E-state index in [2.05, 4.69) is 5.32 Å². The molecule has 116 valence electrons. The second-order valence-electron chi connectivity index (χ2n) is 4.68. The van der Waals surface area contributed by atoms with E-state index in [9.17, 15) is 14.9 Å². The molecule has 1 aliphatic rings. The number of amides is 1. The molecule has 1 atom stereocenters. The Morgan fingerprint density at radius 3 is 2.71 bits per heavy atom. The van der Waals surface area contributed by atoms with Gasteiger partial charge in [-0.15, -0.1) is 24.2 Å². The maximum absolute atomic E-state index is 12.1. The molecule has 1 saturated heterocycles. The summed E-state index contributed by atoms with van der Waals surface area (Å²) in [6, 6.07) is 6.49. The molecule has 1 aromatic rings. The van der Waals surface area contributed by atoms with E-state index in [0.717, 1.165) is 24.5 Å². The van der Waals surface area contributed by atoms with Crippen molar-refractivity contribution in [2.45, 2.75) is 17.9 Å². The number of piperazine rings is 1. The molecule has 8 heteroatoms. The van der Waals surface area contributed by atoms with Gasteiger partial charge in [0.2, 0.25) is 5.91 Å². The van der Waals surface area contributed by atoms with Crippen LogP contribution in [0.5, 0.6) is 0 Å². The van der Waals surface area contributed by atoms with E-state index in [1.807, 2.05) is 11.8 Å². The molecule has 1 aliphatic heterocycles. The summed E-state index contributed by atoms with van der Waals surface area (Å²) in [5.74, 6) is 0.477. The quantitative estimate of drug-likeness (QED) is 0.518. The van der Waals surface area contributed by atoms with Crippen molar-refractivity contribution in [3.8, 4) is 0 Å². The minimum Gasteiger partial charge on any atom is -0.337 e. The predicted molar refractivity (Wildman–Crippen MR) is 85.1 cm³/mol. The number of hydrogen-bond acceptors (Lipinski definition) is 5. The van der Waals surface area contributed by atoms with Crippen molar-refractivity contribution in [1.29, 1.82) is 0 Å². The van der Waals surface area contributed by atoms with Crippen molar-refractivity contribution in [3.05, 3.63) is 34.4 Å². The number of nitrogens with one attached hydrogen (secondary N) is 1. The van der Waals surface area contributed by atoms with E-state index in [-0.39, 0.29) is 30.0 Å². The molecule has 0 saturated carbocycles. The van der Waals surface area contributed by atoms with Crippen LogP contribution in [0.2, 0.25) is 0 Å². The molecule has 1 fully saturated rings. The minimum absolute atomic E-state index is 0. The third-order valence-electron chi connectivity index (χ3n) is 3.23. The topological polar surface area (TPSA) is 75.5 Å². The number of non-ortho nitro benzene ring substituents is 1. The number of carbonyl (C=O) groups is 1. The highest BCUT2D eigenvalue weighted by molar-refractivity contribution is 8.00. The summed E-state index contributed by atoms with van der Waals surface area (Å²) < 4.78 is 0. The zero-order valence-electron chi connectivity index (χ0n) is 11.7. The summed E-state index contributed by atoms with van der Waals surface area (Å²) in [6.07, 6.45) is 0. The van der Waals surface area contributed by atoms with Crippen LogP contribution in [-0.2, 0) is 4.79 Å². The van der Waals surface area contributed by atoms with E-state index in [1.54, 1.807) is 12.1 Å². The molecule has 1 heterocycles. The highest BCUT2D eigenvalue weighted by Crippen LogP contribution is 2.22. The van der Waals surface area contributed by atoms with Gasteiger partial charge in [0.05, 0.1) is 10.7 Å². The van der Waals surface area contributed by atoms with Crippen molar-refractivity contribution in [3.63, 3.8) is 0 Å².